The van der Waals surface area contributed by atoms with Crippen LogP contribution in [0.5, 0.6) is 0 Å². The molecule has 1 fully saturated rings. The van der Waals surface area contributed by atoms with Crippen molar-refractivity contribution in [3.63, 3.8) is 0 Å². The van der Waals surface area contributed by atoms with E-state index >= 15 is 0 Å². The van der Waals surface area contributed by atoms with Gasteiger partial charge in [-0.05, 0) is 24.8 Å². The lowest BCUT2D eigenvalue weighted by atomic mass is 10.1. The number of ether oxygens (including phenoxy) is 1. The highest BCUT2D eigenvalue weighted by Gasteiger charge is 2.24. The Labute approximate surface area is 145 Å². The van der Waals surface area contributed by atoms with E-state index in [0.29, 0.717) is 19.5 Å². The van der Waals surface area contributed by atoms with Crippen LogP contribution in [0, 0.1) is 0 Å². The second-order valence-corrected chi connectivity index (χ2v) is 6.00. The lowest BCUT2D eigenvalue weighted by Gasteiger charge is -2.20. The van der Waals surface area contributed by atoms with Crippen LogP contribution in [0.25, 0.3) is 0 Å². The molecule has 8 nitrogen and oxygen atoms in total. The predicted molar refractivity (Wildman–Crippen MR) is 88.1 cm³/mol. The average molecular weight is 344 g/mol. The van der Waals surface area contributed by atoms with Crippen molar-refractivity contribution in [2.75, 3.05) is 13.1 Å². The van der Waals surface area contributed by atoms with Crippen molar-refractivity contribution in [3.05, 3.63) is 47.8 Å². The van der Waals surface area contributed by atoms with Crippen LogP contribution in [0.4, 0.5) is 4.79 Å². The summed E-state index contributed by atoms with van der Waals surface area (Å²) in [7, 11) is 0. The van der Waals surface area contributed by atoms with Gasteiger partial charge in [0.25, 0.3) is 0 Å². The third-order valence-electron chi connectivity index (χ3n) is 4.26. The Morgan fingerprint density at radius 2 is 2.00 bits per heavy atom. The van der Waals surface area contributed by atoms with Gasteiger partial charge < -0.3 is 14.7 Å². The quantitative estimate of drug-likeness (QED) is 0.914. The Morgan fingerprint density at radius 3 is 2.72 bits per heavy atom. The second kappa shape index (κ2) is 7.78. The van der Waals surface area contributed by atoms with Crippen LogP contribution in [0.15, 0.2) is 36.5 Å². The Bertz CT molecular complexity index is 731. The summed E-state index contributed by atoms with van der Waals surface area (Å²) in [5.41, 5.74) is 0.885. The number of nitrogens with zero attached hydrogens (tertiary/aromatic N) is 4. The van der Waals surface area contributed by atoms with Gasteiger partial charge in [-0.25, -0.2) is 14.3 Å². The second-order valence-electron chi connectivity index (χ2n) is 6.00. The molecular weight excluding hydrogens is 324 g/mol. The van der Waals surface area contributed by atoms with Crippen molar-refractivity contribution >= 4 is 12.1 Å². The molecule has 2 aromatic rings. The minimum Gasteiger partial charge on any atom is -0.476 e. The summed E-state index contributed by atoms with van der Waals surface area (Å²) < 4.78 is 6.96. The van der Waals surface area contributed by atoms with Crippen LogP contribution in [-0.2, 0) is 11.3 Å². The maximum atomic E-state index is 12.3. The van der Waals surface area contributed by atoms with Crippen LogP contribution < -0.4 is 0 Å². The fourth-order valence-corrected chi connectivity index (χ4v) is 2.89. The van der Waals surface area contributed by atoms with Gasteiger partial charge in [0.05, 0.1) is 12.2 Å². The van der Waals surface area contributed by atoms with Gasteiger partial charge in [-0.3, -0.25) is 0 Å². The predicted octanol–water partition coefficient (Wildman–Crippen LogP) is 2.34. The molecule has 1 aliphatic rings. The molecule has 1 unspecified atom stereocenters. The van der Waals surface area contributed by atoms with E-state index in [9.17, 15) is 9.59 Å². The van der Waals surface area contributed by atoms with Gasteiger partial charge in [-0.15, -0.1) is 5.10 Å². The van der Waals surface area contributed by atoms with Crippen LogP contribution in [0.1, 0.15) is 41.4 Å². The highest BCUT2D eigenvalue weighted by Crippen LogP contribution is 2.22. The molecule has 2 heterocycles. The van der Waals surface area contributed by atoms with Crippen LogP contribution in [-0.4, -0.2) is 50.2 Å². The topological polar surface area (TPSA) is 97.5 Å². The summed E-state index contributed by atoms with van der Waals surface area (Å²) in [5, 5.41) is 16.5. The number of carboxylic acids is 1. The molecule has 1 N–H and O–H groups in total. The molecule has 0 aliphatic carbocycles. The molecule has 1 aliphatic heterocycles. The molecular formula is C17H20N4O4. The molecule has 1 saturated heterocycles. The first kappa shape index (κ1) is 16.9. The number of amides is 1. The number of carboxylic acid groups (broad SMARTS) is 1. The molecule has 0 saturated carbocycles. The summed E-state index contributed by atoms with van der Waals surface area (Å²) in [6.07, 6.45) is 3.41. The Morgan fingerprint density at radius 1 is 1.20 bits per heavy atom. The van der Waals surface area contributed by atoms with Gasteiger partial charge in [0.1, 0.15) is 6.61 Å². The molecule has 0 radical (unpaired) electrons. The van der Waals surface area contributed by atoms with Crippen molar-refractivity contribution in [1.82, 2.24) is 19.9 Å². The van der Waals surface area contributed by atoms with E-state index in [2.05, 4.69) is 10.3 Å². The zero-order valence-corrected chi connectivity index (χ0v) is 13.7. The number of aromatic carboxylic acids is 1. The van der Waals surface area contributed by atoms with Gasteiger partial charge in [-0.1, -0.05) is 35.5 Å². The highest BCUT2D eigenvalue weighted by atomic mass is 16.6. The van der Waals surface area contributed by atoms with E-state index in [-0.39, 0.29) is 24.4 Å². The van der Waals surface area contributed by atoms with Gasteiger partial charge in [0, 0.05) is 13.1 Å². The number of likely N-dealkylation sites (tertiary alicyclic amines) is 1. The van der Waals surface area contributed by atoms with Crippen molar-refractivity contribution in [1.29, 1.82) is 0 Å². The summed E-state index contributed by atoms with van der Waals surface area (Å²) in [5.74, 6) is -1.09. The first-order chi connectivity index (χ1) is 12.1. The summed E-state index contributed by atoms with van der Waals surface area (Å²) in [6, 6.07) is 9.59. The largest absolute Gasteiger partial charge is 0.476 e. The van der Waals surface area contributed by atoms with E-state index < -0.39 is 5.97 Å². The molecule has 8 heteroatoms. The van der Waals surface area contributed by atoms with Gasteiger partial charge in [-0.2, -0.15) is 0 Å². The zero-order chi connectivity index (χ0) is 17.6. The van der Waals surface area contributed by atoms with Crippen LogP contribution in [0.2, 0.25) is 0 Å². The minimum atomic E-state index is -1.09. The standard InChI is InChI=1S/C17H20N4O4/c22-16(23)15-11-21(19-18-15)14-7-4-9-20(10-8-14)17(24)25-12-13-5-2-1-3-6-13/h1-3,5-6,11,14H,4,7-10,12H2,(H,22,23). The molecule has 0 bridgehead atoms. The van der Waals surface area contributed by atoms with E-state index in [0.717, 1.165) is 18.4 Å². The minimum absolute atomic E-state index is 0.0347. The van der Waals surface area contributed by atoms with Crippen molar-refractivity contribution < 1.29 is 19.4 Å². The monoisotopic (exact) mass is 344 g/mol. The van der Waals surface area contributed by atoms with E-state index in [4.69, 9.17) is 9.84 Å². The lowest BCUT2D eigenvalue weighted by Crippen LogP contribution is -2.32. The van der Waals surface area contributed by atoms with E-state index in [1.165, 1.54) is 6.20 Å². The zero-order valence-electron chi connectivity index (χ0n) is 13.7. The van der Waals surface area contributed by atoms with Gasteiger partial charge >= 0.3 is 12.1 Å². The molecule has 1 atom stereocenters. The molecule has 132 valence electrons. The van der Waals surface area contributed by atoms with E-state index in [1.54, 1.807) is 9.58 Å². The van der Waals surface area contributed by atoms with Crippen molar-refractivity contribution in [2.45, 2.75) is 31.9 Å². The third kappa shape index (κ3) is 4.34. The van der Waals surface area contributed by atoms with Crippen molar-refractivity contribution in [3.8, 4) is 0 Å². The molecule has 1 amide bonds. The fraction of sp³-hybridized carbons (Fsp3) is 0.412. The fourth-order valence-electron chi connectivity index (χ4n) is 2.89. The average Bonchev–Trinajstić information content (AvgIpc) is 2.99. The Kier molecular flexibility index (Phi) is 5.27. The normalized spacial score (nSPS) is 17.8. The summed E-state index contributed by atoms with van der Waals surface area (Å²) in [4.78, 5) is 24.9. The first-order valence-corrected chi connectivity index (χ1v) is 8.24. The highest BCUT2D eigenvalue weighted by molar-refractivity contribution is 5.84. The first-order valence-electron chi connectivity index (χ1n) is 8.24. The summed E-state index contributed by atoms with van der Waals surface area (Å²) >= 11 is 0. The number of aromatic nitrogens is 3. The maximum Gasteiger partial charge on any atom is 0.410 e. The van der Waals surface area contributed by atoms with Gasteiger partial charge in [0.15, 0.2) is 5.69 Å². The maximum absolute atomic E-state index is 12.3. The van der Waals surface area contributed by atoms with Crippen LogP contribution >= 0.6 is 0 Å². The molecule has 3 rings (SSSR count). The lowest BCUT2D eigenvalue weighted by molar-refractivity contribution is 0.0690. The van der Waals surface area contributed by atoms with E-state index in [1.807, 2.05) is 30.3 Å². The van der Waals surface area contributed by atoms with Gasteiger partial charge in [0.2, 0.25) is 0 Å². The SMILES string of the molecule is O=C(O)c1cn(C2CCCN(C(=O)OCc3ccccc3)CC2)nn1. The molecule has 0 spiro atoms. The molecule has 1 aromatic carbocycles. The summed E-state index contributed by atoms with van der Waals surface area (Å²) in [6.45, 7) is 1.41. The number of hydrogen-bond donors (Lipinski definition) is 1. The molecule has 25 heavy (non-hydrogen) atoms. The number of hydrogen-bond acceptors (Lipinski definition) is 5. The number of carbonyl (C=O) groups excluding carboxylic acids is 1. The van der Waals surface area contributed by atoms with Crippen molar-refractivity contribution in [2.24, 2.45) is 0 Å². The Hall–Kier alpha value is -2.90. The number of carbonyl (C=O) groups is 2. The van der Waals surface area contributed by atoms with Crippen LogP contribution in [0.3, 0.4) is 0 Å². The Balaban J connectivity index is 1.53. The molecule has 1 aromatic heterocycles. The number of rotatable bonds is 4. The third-order valence-corrected chi connectivity index (χ3v) is 4.26. The number of benzene rings is 1. The smallest absolute Gasteiger partial charge is 0.410 e.